The number of pyridine rings is 3. The molecule has 9 aromatic rings. The number of halogens is 5. The minimum atomic E-state index is -3.94. The number of carbonyl (C=O) groups excluding carboxylic acids is 2. The molecule has 12 rings (SSSR count). The summed E-state index contributed by atoms with van der Waals surface area (Å²) < 4.78 is 127. The van der Waals surface area contributed by atoms with Crippen LogP contribution in [0, 0.1) is 41.5 Å². The van der Waals surface area contributed by atoms with Crippen molar-refractivity contribution in [3.63, 3.8) is 0 Å². The first kappa shape index (κ1) is 114. The summed E-state index contributed by atoms with van der Waals surface area (Å²) in [6.07, 6.45) is 12.5. The van der Waals surface area contributed by atoms with Gasteiger partial charge in [-0.3, -0.25) is 29.3 Å². The molecule has 3 aliphatic heterocycles. The van der Waals surface area contributed by atoms with Crippen LogP contribution in [0.25, 0.3) is 22.3 Å². The Morgan fingerprint density at radius 3 is 1.08 bits per heavy atom. The van der Waals surface area contributed by atoms with Crippen molar-refractivity contribution < 1.29 is 102 Å². The van der Waals surface area contributed by atoms with Crippen LogP contribution >= 0.6 is 66.7 Å². The minimum absolute atomic E-state index is 0. The van der Waals surface area contributed by atoms with E-state index in [1.165, 1.54) is 31.8 Å². The zero-order valence-electron chi connectivity index (χ0n) is 78.0. The molecule has 3 aromatic heterocycles. The Balaban J connectivity index is 0.000000295. The number of carboxylic acids is 1. The van der Waals surface area contributed by atoms with Gasteiger partial charge < -0.3 is 43.4 Å². The number of nitrogens with zero attached hydrogens (tertiary/aromatic N) is 6. The Labute approximate surface area is 814 Å². The molecule has 700 valence electrons. The fourth-order valence-corrected chi connectivity index (χ4v) is 21.3. The van der Waals surface area contributed by atoms with E-state index in [0.29, 0.717) is 57.8 Å². The third-order valence-electron chi connectivity index (χ3n) is 22.8. The summed E-state index contributed by atoms with van der Waals surface area (Å²) in [6.45, 7) is 39.2. The van der Waals surface area contributed by atoms with E-state index in [1.807, 2.05) is 194 Å². The Bertz CT molecular complexity index is 5510. The van der Waals surface area contributed by atoms with E-state index in [0.717, 1.165) is 77.9 Å². The molecular formula is C95H122B2Br2Cl3LiN6O18S3. The molecule has 0 amide bonds. The number of carboxylic acid groups (broad SMARTS) is 1. The van der Waals surface area contributed by atoms with E-state index >= 15 is 0 Å². The number of hydrogen-bond acceptors (Lipinski definition) is 20. The van der Waals surface area contributed by atoms with Crippen LogP contribution in [0.3, 0.4) is 0 Å². The van der Waals surface area contributed by atoms with Crippen molar-refractivity contribution in [1.29, 1.82) is 0 Å². The number of aromatic nitrogens is 3. The second-order valence-electron chi connectivity index (χ2n) is 33.2. The molecule has 3 fully saturated rings. The Morgan fingerprint density at radius 2 is 0.792 bits per heavy atom. The molecule has 0 spiro atoms. The molecule has 3 saturated heterocycles. The van der Waals surface area contributed by atoms with Gasteiger partial charge in [0.1, 0.15) is 0 Å². The molecule has 6 heterocycles. The number of rotatable bonds is 29. The van der Waals surface area contributed by atoms with Crippen molar-refractivity contribution in [1.82, 2.24) is 27.9 Å². The van der Waals surface area contributed by atoms with E-state index in [1.54, 1.807) is 114 Å². The quantitative estimate of drug-likeness (QED) is 0.0336. The zero-order valence-corrected chi connectivity index (χ0v) is 85.9. The van der Waals surface area contributed by atoms with E-state index in [9.17, 15) is 39.6 Å². The van der Waals surface area contributed by atoms with Gasteiger partial charge in [0.2, 0.25) is 30.1 Å². The van der Waals surface area contributed by atoms with Crippen LogP contribution in [-0.4, -0.2) is 164 Å². The van der Waals surface area contributed by atoms with Crippen molar-refractivity contribution >= 4 is 129 Å². The number of carbonyl (C=O) groups is 3. The smallest absolute Gasteiger partial charge is 0.870 e. The maximum Gasteiger partial charge on any atom is 1.00 e. The number of hydrogen-bond donors (Lipinski definition) is 1. The van der Waals surface area contributed by atoms with Crippen molar-refractivity contribution in [3.8, 4) is 22.3 Å². The van der Waals surface area contributed by atoms with Gasteiger partial charge in [-0.15, -0.1) is 0 Å². The van der Waals surface area contributed by atoms with Gasteiger partial charge in [0.15, 0.2) is 0 Å². The summed E-state index contributed by atoms with van der Waals surface area (Å²) in [4.78, 5) is 47.5. The van der Waals surface area contributed by atoms with Gasteiger partial charge in [0.05, 0.1) is 50.3 Å². The maximum atomic E-state index is 13.9. The summed E-state index contributed by atoms with van der Waals surface area (Å²) in [5.74, 6) is -1.64. The van der Waals surface area contributed by atoms with Crippen LogP contribution in [0.2, 0.25) is 15.1 Å². The van der Waals surface area contributed by atoms with Crippen LogP contribution in [0.1, 0.15) is 210 Å². The van der Waals surface area contributed by atoms with Crippen molar-refractivity contribution in [3.05, 3.63) is 257 Å². The third kappa shape index (κ3) is 31.4. The number of esters is 2. The largest absolute Gasteiger partial charge is 1.00 e. The predicted octanol–water partition coefficient (Wildman–Crippen LogP) is 19.3. The molecule has 3 aliphatic rings. The minimum Gasteiger partial charge on any atom is -0.870 e. The van der Waals surface area contributed by atoms with Crippen molar-refractivity contribution in [2.24, 2.45) is 0 Å². The molecule has 6 aromatic carbocycles. The molecule has 2 N–H and O–H groups in total. The first-order valence-electron chi connectivity index (χ1n) is 42.6. The topological polar surface area (TPSA) is 317 Å². The van der Waals surface area contributed by atoms with E-state index in [4.69, 9.17) is 72.7 Å². The zero-order chi connectivity index (χ0) is 94.9. The Hall–Kier alpha value is -6.77. The number of aryl methyl sites for hydroxylation is 3. The molecule has 3 atom stereocenters. The molecule has 0 bridgehead atoms. The van der Waals surface area contributed by atoms with E-state index in [-0.39, 0.29) is 119 Å². The summed E-state index contributed by atoms with van der Waals surface area (Å²) in [7, 11) is -12.6. The van der Waals surface area contributed by atoms with Gasteiger partial charge in [-0.2, -0.15) is 12.9 Å². The van der Waals surface area contributed by atoms with E-state index in [2.05, 4.69) is 46.8 Å². The second kappa shape index (κ2) is 51.8. The van der Waals surface area contributed by atoms with Crippen LogP contribution < -0.4 is 18.9 Å². The molecule has 0 saturated carbocycles. The standard InChI is InChI=1S/C27H31ClN2O4S.C25H27ClN2O4S.C21H25BrClNO4S.C12H24B2O4.C6H6BrN.C4H8O.Li.H2O/c1-5-34-27(31)13-8-16-30(35(32,33)26-12-7-11-25(28)20(26)3)21(4)22-9-6-10-23(17-22)24-14-15-29-18-19(24)2;1-17-16-27-13-12-22(17)21-8-4-7-20(15-21)19(3)28(14-6-11-25(29)30)33(31,32)24-10-5-9-23(26)18(24)2;1-4-28-21(25)12-7-13-24(16(3)17-8-5-9-18(22)14-17)29(26,27)20-11-6-10-19(23)15(20)2;1-9(2)10(3,4)16-13(15-9)14-17-11(5,6)12(7,8)18-14;1-5-4-6(7)2-3-8-5;1-2-4-5-3-1;;/h6-7,9-12,14-15,17-18,21H,5,8,13,16H2,1-4H3;4-5,7-10,12-13,15-16,19H,6,11,14H2,1-3H3,(H,29,30);5-6,8-11,14,16H,4,7,12-13H2,1-3H3;1-8H3;2-4H,1H3;1-4H2;;1H2/q;;;;;;+1;/p-1/t21-;19-;16-;;;;;/m000...../s1. The van der Waals surface area contributed by atoms with Crippen LogP contribution in [0.15, 0.2) is 206 Å². The van der Waals surface area contributed by atoms with Gasteiger partial charge in [0.25, 0.3) is 0 Å². The van der Waals surface area contributed by atoms with Crippen LogP contribution in [-0.2, 0) is 77.3 Å². The molecular weight excluding hydrogens is 1900 g/mol. The summed E-state index contributed by atoms with van der Waals surface area (Å²) >= 11 is 25.4. The van der Waals surface area contributed by atoms with Gasteiger partial charge >= 0.3 is 50.8 Å². The second-order valence-corrected chi connectivity index (χ2v) is 41.8. The fraction of sp³-hybridized carbons (Fsp3) is 0.432. The average molecular weight is 2030 g/mol. The fourth-order valence-electron chi connectivity index (χ4n) is 14.0. The Kier molecular flexibility index (Phi) is 45.3. The number of sulfonamides is 3. The Morgan fingerprint density at radius 1 is 0.469 bits per heavy atom. The van der Waals surface area contributed by atoms with Crippen molar-refractivity contribution in [2.75, 3.05) is 46.1 Å². The first-order chi connectivity index (χ1) is 60.1. The number of benzene rings is 6. The molecule has 35 heteroatoms. The summed E-state index contributed by atoms with van der Waals surface area (Å²) in [5.41, 5.74) is 9.62. The molecule has 24 nitrogen and oxygen atoms in total. The summed E-state index contributed by atoms with van der Waals surface area (Å²) in [5, 5.41) is 10.2. The molecule has 0 unspecified atom stereocenters. The predicted molar refractivity (Wildman–Crippen MR) is 518 cm³/mol. The van der Waals surface area contributed by atoms with Crippen molar-refractivity contribution in [2.45, 2.75) is 238 Å². The van der Waals surface area contributed by atoms with Gasteiger partial charge in [-0.05, 0) is 315 Å². The van der Waals surface area contributed by atoms with Crippen LogP contribution in [0.4, 0.5) is 0 Å². The SMILES string of the molecule is C1CCOC1.CC1(C)OB(B2OC(C)(C)C(C)(C)O2)OC1(C)C.CCOC(=O)CCCN([C@@H](C)c1cccc(-c2ccncc2C)c1)S(=O)(=O)c1cccc(Cl)c1C.CCOC(=O)CCCN([C@@H](C)c1cccc(Br)c1)S(=O)(=O)c1cccc(Cl)c1C.Cc1cc(Br)ccn1.Cc1cnccc1-c1cccc([C@H](C)N(CCCC(=O)O)S(=O)(=O)c2cccc(Cl)c2C)c1.[Li+].[OH-]. The van der Waals surface area contributed by atoms with Gasteiger partial charge in [-0.25, -0.2) is 25.3 Å². The normalized spacial score (nSPS) is 15.3. The monoisotopic (exact) mass is 2020 g/mol. The number of aliphatic carboxylic acids is 1. The van der Waals surface area contributed by atoms with E-state index < -0.39 is 68.2 Å². The third-order valence-corrected chi connectivity index (χ3v) is 31.3. The maximum absolute atomic E-state index is 13.9. The first-order valence-corrected chi connectivity index (χ1v) is 49.7. The number of ether oxygens (including phenoxy) is 3. The molecule has 130 heavy (non-hydrogen) atoms. The summed E-state index contributed by atoms with van der Waals surface area (Å²) in [6, 6.07) is 43.9. The van der Waals surface area contributed by atoms with Gasteiger partial charge in [-0.1, -0.05) is 133 Å². The average Bonchev–Trinajstić information content (AvgIpc) is 1.57. The van der Waals surface area contributed by atoms with Gasteiger partial charge in [0, 0.05) is 131 Å². The van der Waals surface area contributed by atoms with Crippen LogP contribution in [0.5, 0.6) is 0 Å². The molecule has 0 aliphatic carbocycles. The molecule has 0 radical (unpaired) electrons.